The van der Waals surface area contributed by atoms with Crippen molar-refractivity contribution >= 4 is 34.9 Å². The van der Waals surface area contributed by atoms with Gasteiger partial charge in [0.2, 0.25) is 0 Å². The number of hydrogen-bond donors (Lipinski definition) is 0. The number of ether oxygens (including phenoxy) is 1. The van der Waals surface area contributed by atoms with E-state index >= 15 is 0 Å². The van der Waals surface area contributed by atoms with E-state index in [1.54, 1.807) is 17.8 Å². The van der Waals surface area contributed by atoms with Gasteiger partial charge in [-0.25, -0.2) is 4.79 Å². The first-order valence-corrected chi connectivity index (χ1v) is 6.28. The summed E-state index contributed by atoms with van der Waals surface area (Å²) in [5, 5.41) is 0.692. The van der Waals surface area contributed by atoms with E-state index in [-0.39, 0.29) is 5.97 Å². The summed E-state index contributed by atoms with van der Waals surface area (Å²) in [6, 6.07) is 5.76. The van der Waals surface area contributed by atoms with Crippen LogP contribution in [0.3, 0.4) is 0 Å². The minimum atomic E-state index is -0.312. The molecule has 0 unspecified atom stereocenters. The maximum absolute atomic E-state index is 11.2. The Bertz CT molecular complexity index is 454. The first-order valence-electron chi connectivity index (χ1n) is 4.92. The van der Waals surface area contributed by atoms with Crippen LogP contribution in [0, 0.1) is 0 Å². The second kappa shape index (κ2) is 4.93. The molecule has 1 aliphatic rings. The van der Waals surface area contributed by atoms with Gasteiger partial charge in [-0.2, -0.15) is 0 Å². The summed E-state index contributed by atoms with van der Waals surface area (Å²) in [5.74, 6) is 0.671. The van der Waals surface area contributed by atoms with Gasteiger partial charge in [0, 0.05) is 21.7 Å². The average Bonchev–Trinajstić information content (AvgIpc) is 2.29. The third kappa shape index (κ3) is 2.42. The van der Waals surface area contributed by atoms with Gasteiger partial charge in [0.1, 0.15) is 0 Å². The molecule has 0 saturated heterocycles. The van der Waals surface area contributed by atoms with Crippen LogP contribution in [0.2, 0.25) is 5.02 Å². The van der Waals surface area contributed by atoms with E-state index in [0.717, 1.165) is 23.3 Å². The molecule has 0 aliphatic carbocycles. The number of rotatable bonds is 1. The highest BCUT2D eigenvalue weighted by atomic mass is 35.5. The summed E-state index contributed by atoms with van der Waals surface area (Å²) < 4.78 is 4.64. The van der Waals surface area contributed by atoms with Crippen molar-refractivity contribution in [1.29, 1.82) is 0 Å². The van der Waals surface area contributed by atoms with Crippen LogP contribution in [0.15, 0.2) is 29.2 Å². The Morgan fingerprint density at radius 3 is 3.12 bits per heavy atom. The standard InChI is InChI=1S/C12H11ClO2S/c1-15-12(14)6-8-4-5-16-11-3-2-9(13)7-10(8)11/h2-3,6-7H,4-5H2,1H3/b8-6-. The molecule has 0 aromatic heterocycles. The Balaban J connectivity index is 2.43. The van der Waals surface area contributed by atoms with Gasteiger partial charge < -0.3 is 4.74 Å². The lowest BCUT2D eigenvalue weighted by molar-refractivity contribution is -0.134. The summed E-state index contributed by atoms with van der Waals surface area (Å²) in [7, 11) is 1.38. The van der Waals surface area contributed by atoms with Crippen LogP contribution in [-0.2, 0) is 9.53 Å². The van der Waals surface area contributed by atoms with Gasteiger partial charge in [0.15, 0.2) is 0 Å². The molecule has 2 rings (SSSR count). The molecule has 0 atom stereocenters. The number of methoxy groups -OCH3 is 1. The SMILES string of the molecule is COC(=O)/C=C1/CCSc2ccc(Cl)cc21. The second-order valence-electron chi connectivity index (χ2n) is 3.43. The molecular weight excluding hydrogens is 244 g/mol. The predicted octanol–water partition coefficient (Wildman–Crippen LogP) is 3.39. The number of hydrogen-bond acceptors (Lipinski definition) is 3. The lowest BCUT2D eigenvalue weighted by Gasteiger charge is -2.18. The number of fused-ring (bicyclic) bond motifs is 1. The van der Waals surface area contributed by atoms with Gasteiger partial charge in [0.25, 0.3) is 0 Å². The number of carbonyl (C=O) groups excluding carboxylic acids is 1. The zero-order valence-corrected chi connectivity index (χ0v) is 10.4. The largest absolute Gasteiger partial charge is 0.466 e. The molecule has 1 aromatic carbocycles. The molecule has 0 spiro atoms. The third-order valence-electron chi connectivity index (χ3n) is 2.41. The number of halogens is 1. The van der Waals surface area contributed by atoms with Gasteiger partial charge in [-0.1, -0.05) is 11.6 Å². The zero-order valence-electron chi connectivity index (χ0n) is 8.83. The topological polar surface area (TPSA) is 26.3 Å². The maximum atomic E-state index is 11.2. The predicted molar refractivity (Wildman–Crippen MR) is 66.8 cm³/mol. The summed E-state index contributed by atoms with van der Waals surface area (Å²) >= 11 is 7.74. The molecule has 16 heavy (non-hydrogen) atoms. The van der Waals surface area contributed by atoms with Crippen molar-refractivity contribution in [3.8, 4) is 0 Å². The fourth-order valence-electron chi connectivity index (χ4n) is 1.64. The van der Waals surface area contributed by atoms with Crippen molar-refractivity contribution in [3.63, 3.8) is 0 Å². The van der Waals surface area contributed by atoms with Gasteiger partial charge in [-0.15, -0.1) is 11.8 Å². The van der Waals surface area contributed by atoms with Crippen LogP contribution in [0.5, 0.6) is 0 Å². The quantitative estimate of drug-likeness (QED) is 0.568. The average molecular weight is 255 g/mol. The molecule has 0 amide bonds. The highest BCUT2D eigenvalue weighted by Crippen LogP contribution is 2.38. The smallest absolute Gasteiger partial charge is 0.330 e. The molecule has 0 bridgehead atoms. The van der Waals surface area contributed by atoms with E-state index in [4.69, 9.17) is 11.6 Å². The minimum Gasteiger partial charge on any atom is -0.466 e. The maximum Gasteiger partial charge on any atom is 0.330 e. The van der Waals surface area contributed by atoms with Gasteiger partial charge >= 0.3 is 5.97 Å². The van der Waals surface area contributed by atoms with Crippen molar-refractivity contribution in [3.05, 3.63) is 34.9 Å². The van der Waals surface area contributed by atoms with Gasteiger partial charge in [0.05, 0.1) is 7.11 Å². The van der Waals surface area contributed by atoms with Crippen LogP contribution >= 0.6 is 23.4 Å². The van der Waals surface area contributed by atoms with E-state index < -0.39 is 0 Å². The molecule has 1 heterocycles. The molecule has 84 valence electrons. The minimum absolute atomic E-state index is 0.312. The number of allylic oxidation sites excluding steroid dienone is 1. The Morgan fingerprint density at radius 2 is 2.38 bits per heavy atom. The molecule has 2 nitrogen and oxygen atoms in total. The summed E-state index contributed by atoms with van der Waals surface area (Å²) in [5.41, 5.74) is 2.05. The van der Waals surface area contributed by atoms with E-state index in [1.807, 2.05) is 18.2 Å². The Hall–Kier alpha value is -0.930. The van der Waals surface area contributed by atoms with Crippen LogP contribution in [0.4, 0.5) is 0 Å². The van der Waals surface area contributed by atoms with E-state index in [0.29, 0.717) is 5.02 Å². The van der Waals surface area contributed by atoms with Crippen LogP contribution in [-0.4, -0.2) is 18.8 Å². The lowest BCUT2D eigenvalue weighted by atomic mass is 10.0. The zero-order chi connectivity index (χ0) is 11.5. The highest BCUT2D eigenvalue weighted by molar-refractivity contribution is 7.99. The molecule has 1 aromatic rings. The summed E-state index contributed by atoms with van der Waals surface area (Å²) in [6.07, 6.45) is 2.42. The molecular formula is C12H11ClO2S. The van der Waals surface area contributed by atoms with E-state index in [1.165, 1.54) is 12.0 Å². The fraction of sp³-hybridized carbons (Fsp3) is 0.250. The molecule has 4 heteroatoms. The molecule has 0 radical (unpaired) electrons. The van der Waals surface area contributed by atoms with Crippen molar-refractivity contribution in [2.45, 2.75) is 11.3 Å². The molecule has 0 fully saturated rings. The first-order chi connectivity index (χ1) is 7.70. The third-order valence-corrected chi connectivity index (χ3v) is 3.72. The normalized spacial score (nSPS) is 17.0. The van der Waals surface area contributed by atoms with Crippen molar-refractivity contribution in [1.82, 2.24) is 0 Å². The Kier molecular flexibility index (Phi) is 3.56. The highest BCUT2D eigenvalue weighted by Gasteiger charge is 2.16. The monoisotopic (exact) mass is 254 g/mol. The second-order valence-corrected chi connectivity index (χ2v) is 5.00. The number of carbonyl (C=O) groups is 1. The number of thioether (sulfide) groups is 1. The Morgan fingerprint density at radius 1 is 1.56 bits per heavy atom. The van der Waals surface area contributed by atoms with Crippen LogP contribution in [0.25, 0.3) is 5.57 Å². The van der Waals surface area contributed by atoms with Crippen molar-refractivity contribution in [2.24, 2.45) is 0 Å². The number of esters is 1. The molecule has 0 saturated carbocycles. The van der Waals surface area contributed by atoms with Gasteiger partial charge in [-0.05, 0) is 35.8 Å². The summed E-state index contributed by atoms with van der Waals surface area (Å²) in [4.78, 5) is 12.4. The summed E-state index contributed by atoms with van der Waals surface area (Å²) in [6.45, 7) is 0. The van der Waals surface area contributed by atoms with Gasteiger partial charge in [-0.3, -0.25) is 0 Å². The first kappa shape index (κ1) is 11.6. The van der Waals surface area contributed by atoms with E-state index in [2.05, 4.69) is 4.74 Å². The Labute approximate surface area is 104 Å². The van der Waals surface area contributed by atoms with Crippen LogP contribution < -0.4 is 0 Å². The fourth-order valence-corrected chi connectivity index (χ4v) is 2.86. The molecule has 0 N–H and O–H groups in total. The number of benzene rings is 1. The lowest BCUT2D eigenvalue weighted by Crippen LogP contribution is -2.02. The van der Waals surface area contributed by atoms with Crippen LogP contribution in [0.1, 0.15) is 12.0 Å². The van der Waals surface area contributed by atoms with Crippen molar-refractivity contribution in [2.75, 3.05) is 12.9 Å². The van der Waals surface area contributed by atoms with E-state index in [9.17, 15) is 4.79 Å². The van der Waals surface area contributed by atoms with Crippen molar-refractivity contribution < 1.29 is 9.53 Å². The molecule has 1 aliphatic heterocycles.